The van der Waals surface area contributed by atoms with Gasteiger partial charge in [0.15, 0.2) is 11.6 Å². The van der Waals surface area contributed by atoms with E-state index in [1.54, 1.807) is 6.07 Å². The molecule has 19 heavy (non-hydrogen) atoms. The number of nitriles is 1. The van der Waals surface area contributed by atoms with Crippen LogP contribution in [0.25, 0.3) is 0 Å². The number of benzene rings is 1. The normalized spacial score (nSPS) is 11.1. The van der Waals surface area contributed by atoms with Crippen molar-refractivity contribution in [3.05, 3.63) is 29.6 Å². The SMILES string of the molecule is CCOc1ccc(C(C)(C)CNCCC#N)cc1F. The van der Waals surface area contributed by atoms with Crippen molar-refractivity contribution in [3.8, 4) is 11.8 Å². The van der Waals surface area contributed by atoms with Gasteiger partial charge in [-0.3, -0.25) is 0 Å². The molecule has 0 bridgehead atoms. The smallest absolute Gasteiger partial charge is 0.165 e. The molecule has 0 atom stereocenters. The molecule has 3 nitrogen and oxygen atoms in total. The van der Waals surface area contributed by atoms with Gasteiger partial charge in [0.25, 0.3) is 0 Å². The molecule has 0 radical (unpaired) electrons. The zero-order valence-electron chi connectivity index (χ0n) is 11.8. The fourth-order valence-electron chi connectivity index (χ4n) is 1.84. The second-order valence-electron chi connectivity index (χ2n) is 5.05. The van der Waals surface area contributed by atoms with Gasteiger partial charge in [-0.15, -0.1) is 0 Å². The molecule has 0 unspecified atom stereocenters. The summed E-state index contributed by atoms with van der Waals surface area (Å²) in [6.07, 6.45) is 0.480. The molecule has 1 aromatic rings. The van der Waals surface area contributed by atoms with E-state index < -0.39 is 0 Å². The standard InChI is InChI=1S/C15H21FN2O/c1-4-19-14-7-6-12(10-13(14)16)15(2,3)11-18-9-5-8-17/h6-7,10,18H,4-5,9,11H2,1-3H3. The van der Waals surface area contributed by atoms with E-state index >= 15 is 0 Å². The zero-order valence-corrected chi connectivity index (χ0v) is 11.8. The highest BCUT2D eigenvalue weighted by Gasteiger charge is 2.21. The summed E-state index contributed by atoms with van der Waals surface area (Å²) in [5.74, 6) is -0.0380. The van der Waals surface area contributed by atoms with Crippen LogP contribution in [0.1, 0.15) is 32.8 Å². The zero-order chi connectivity index (χ0) is 14.3. The Morgan fingerprint density at radius 3 is 2.74 bits per heavy atom. The van der Waals surface area contributed by atoms with E-state index in [0.29, 0.717) is 31.9 Å². The summed E-state index contributed by atoms with van der Waals surface area (Å²) in [6.45, 7) is 7.72. The van der Waals surface area contributed by atoms with Gasteiger partial charge in [-0.05, 0) is 24.6 Å². The molecule has 104 valence electrons. The average Bonchev–Trinajstić information content (AvgIpc) is 2.37. The first-order valence-electron chi connectivity index (χ1n) is 6.51. The van der Waals surface area contributed by atoms with Crippen LogP contribution in [-0.2, 0) is 5.41 Å². The molecule has 0 aliphatic rings. The van der Waals surface area contributed by atoms with Crippen LogP contribution in [0.15, 0.2) is 18.2 Å². The summed E-state index contributed by atoms with van der Waals surface area (Å²) in [4.78, 5) is 0. The first-order chi connectivity index (χ1) is 9.01. The maximum absolute atomic E-state index is 13.8. The van der Waals surface area contributed by atoms with Crippen molar-refractivity contribution in [3.63, 3.8) is 0 Å². The lowest BCUT2D eigenvalue weighted by Crippen LogP contribution is -2.33. The number of nitrogens with zero attached hydrogens (tertiary/aromatic N) is 1. The van der Waals surface area contributed by atoms with Crippen LogP contribution in [0.5, 0.6) is 5.75 Å². The topological polar surface area (TPSA) is 45.0 Å². The van der Waals surface area contributed by atoms with Gasteiger partial charge in [-0.1, -0.05) is 19.9 Å². The van der Waals surface area contributed by atoms with Crippen LogP contribution in [0.4, 0.5) is 4.39 Å². The van der Waals surface area contributed by atoms with Gasteiger partial charge >= 0.3 is 0 Å². The Morgan fingerprint density at radius 2 is 2.16 bits per heavy atom. The molecule has 0 amide bonds. The number of hydrogen-bond donors (Lipinski definition) is 1. The fourth-order valence-corrected chi connectivity index (χ4v) is 1.84. The summed E-state index contributed by atoms with van der Waals surface area (Å²) >= 11 is 0. The number of halogens is 1. The van der Waals surface area contributed by atoms with E-state index in [4.69, 9.17) is 10.00 Å². The molecular weight excluding hydrogens is 243 g/mol. The van der Waals surface area contributed by atoms with Crippen molar-refractivity contribution in [2.24, 2.45) is 0 Å². The largest absolute Gasteiger partial charge is 0.491 e. The summed E-state index contributed by atoms with van der Waals surface area (Å²) in [6, 6.07) is 7.17. The minimum Gasteiger partial charge on any atom is -0.491 e. The number of nitrogens with one attached hydrogen (secondary N) is 1. The third-order valence-corrected chi connectivity index (χ3v) is 2.99. The van der Waals surface area contributed by atoms with Crippen LogP contribution in [0, 0.1) is 17.1 Å². The lowest BCUT2D eigenvalue weighted by molar-refractivity contribution is 0.320. The highest BCUT2D eigenvalue weighted by molar-refractivity contribution is 5.33. The Kier molecular flexibility index (Phi) is 5.78. The molecule has 0 aliphatic carbocycles. The first kappa shape index (κ1) is 15.5. The van der Waals surface area contributed by atoms with E-state index in [-0.39, 0.29) is 11.2 Å². The first-order valence-corrected chi connectivity index (χ1v) is 6.51. The van der Waals surface area contributed by atoms with Gasteiger partial charge in [-0.2, -0.15) is 5.26 Å². The van der Waals surface area contributed by atoms with E-state index in [2.05, 4.69) is 11.4 Å². The van der Waals surface area contributed by atoms with Gasteiger partial charge in [-0.25, -0.2) is 4.39 Å². The molecule has 4 heteroatoms. The summed E-state index contributed by atoms with van der Waals surface area (Å²) in [5.41, 5.74) is 0.721. The van der Waals surface area contributed by atoms with Crippen molar-refractivity contribution in [2.75, 3.05) is 19.7 Å². The maximum Gasteiger partial charge on any atom is 0.165 e. The maximum atomic E-state index is 13.8. The molecule has 0 saturated carbocycles. The summed E-state index contributed by atoms with van der Waals surface area (Å²) in [5, 5.41) is 11.7. The van der Waals surface area contributed by atoms with Crippen molar-refractivity contribution < 1.29 is 9.13 Å². The summed E-state index contributed by atoms with van der Waals surface area (Å²) < 4.78 is 19.0. The highest BCUT2D eigenvalue weighted by atomic mass is 19.1. The van der Waals surface area contributed by atoms with Crippen LogP contribution in [0.3, 0.4) is 0 Å². The third kappa shape index (κ3) is 4.53. The highest BCUT2D eigenvalue weighted by Crippen LogP contribution is 2.27. The van der Waals surface area contributed by atoms with Crippen LogP contribution in [0.2, 0.25) is 0 Å². The molecule has 0 aliphatic heterocycles. The van der Waals surface area contributed by atoms with Crippen LogP contribution >= 0.6 is 0 Å². The minimum absolute atomic E-state index is 0.193. The van der Waals surface area contributed by atoms with E-state index in [0.717, 1.165) is 5.56 Å². The lowest BCUT2D eigenvalue weighted by Gasteiger charge is -2.26. The molecule has 0 saturated heterocycles. The summed E-state index contributed by atoms with van der Waals surface area (Å²) in [7, 11) is 0. The van der Waals surface area contributed by atoms with E-state index in [9.17, 15) is 4.39 Å². The second kappa shape index (κ2) is 7.10. The number of ether oxygens (including phenoxy) is 1. The Hall–Kier alpha value is -1.60. The minimum atomic E-state index is -0.329. The van der Waals surface area contributed by atoms with Gasteiger partial charge in [0, 0.05) is 24.9 Å². The number of rotatable bonds is 7. The lowest BCUT2D eigenvalue weighted by atomic mass is 9.84. The Balaban J connectivity index is 2.72. The van der Waals surface area contributed by atoms with Gasteiger partial charge in [0.05, 0.1) is 12.7 Å². The van der Waals surface area contributed by atoms with Crippen molar-refractivity contribution in [1.82, 2.24) is 5.32 Å². The fraction of sp³-hybridized carbons (Fsp3) is 0.533. The Bertz CT molecular complexity index is 452. The van der Waals surface area contributed by atoms with E-state index in [1.807, 2.05) is 26.8 Å². The quantitative estimate of drug-likeness (QED) is 0.770. The Morgan fingerprint density at radius 1 is 1.42 bits per heavy atom. The van der Waals surface area contributed by atoms with Crippen LogP contribution in [-0.4, -0.2) is 19.7 Å². The molecule has 0 spiro atoms. The van der Waals surface area contributed by atoms with E-state index in [1.165, 1.54) is 6.07 Å². The van der Waals surface area contributed by atoms with Crippen molar-refractivity contribution >= 4 is 0 Å². The van der Waals surface area contributed by atoms with Gasteiger partial charge in [0.1, 0.15) is 0 Å². The molecule has 0 heterocycles. The average molecular weight is 264 g/mol. The molecule has 1 rings (SSSR count). The Labute approximate surface area is 114 Å². The monoisotopic (exact) mass is 264 g/mol. The predicted octanol–water partition coefficient (Wildman–Crippen LogP) is 3.01. The molecular formula is C15H21FN2O. The molecule has 1 N–H and O–H groups in total. The van der Waals surface area contributed by atoms with Gasteiger partial charge < -0.3 is 10.1 Å². The van der Waals surface area contributed by atoms with Crippen molar-refractivity contribution in [2.45, 2.75) is 32.6 Å². The molecule has 0 fully saturated rings. The predicted molar refractivity (Wildman–Crippen MR) is 73.7 cm³/mol. The van der Waals surface area contributed by atoms with Crippen molar-refractivity contribution in [1.29, 1.82) is 5.26 Å². The molecule has 1 aromatic carbocycles. The third-order valence-electron chi connectivity index (χ3n) is 2.99. The number of hydrogen-bond acceptors (Lipinski definition) is 3. The second-order valence-corrected chi connectivity index (χ2v) is 5.05. The molecule has 0 aromatic heterocycles. The van der Waals surface area contributed by atoms with Gasteiger partial charge in [0.2, 0.25) is 0 Å². The van der Waals surface area contributed by atoms with Crippen LogP contribution < -0.4 is 10.1 Å².